The third-order valence-electron chi connectivity index (χ3n) is 12.8. The number of nitrogens with zero attached hydrogens (tertiary/aromatic N) is 4. The summed E-state index contributed by atoms with van der Waals surface area (Å²) >= 11 is 0. The lowest BCUT2D eigenvalue weighted by Gasteiger charge is -2.60. The van der Waals surface area contributed by atoms with Crippen molar-refractivity contribution in [2.24, 2.45) is 23.5 Å². The number of hydrogen-bond acceptors (Lipinski definition) is 9. The molecule has 1 amide bonds. The minimum atomic E-state index is -1.22. The molecular formula is C34H53FN6O4. The molecule has 3 aliphatic carbocycles. The van der Waals surface area contributed by atoms with E-state index in [0.29, 0.717) is 37.6 Å². The number of carbonyl (C=O) groups excluding carboxylic acids is 2. The fourth-order valence-electron chi connectivity index (χ4n) is 10.4. The van der Waals surface area contributed by atoms with E-state index >= 15 is 4.39 Å². The number of fused-ring (bicyclic) bond motifs is 5. The average Bonchev–Trinajstić information content (AvgIpc) is 3.64. The van der Waals surface area contributed by atoms with Crippen molar-refractivity contribution in [2.75, 3.05) is 59.4 Å². The van der Waals surface area contributed by atoms with Gasteiger partial charge in [0.15, 0.2) is 5.78 Å². The molecule has 0 spiro atoms. The van der Waals surface area contributed by atoms with Crippen LogP contribution in [0.2, 0.25) is 0 Å². The van der Waals surface area contributed by atoms with Crippen LogP contribution in [0, 0.1) is 17.8 Å². The van der Waals surface area contributed by atoms with Crippen molar-refractivity contribution < 1.29 is 23.5 Å². The lowest BCUT2D eigenvalue weighted by Crippen LogP contribution is -2.73. The molecule has 250 valence electrons. The quantitative estimate of drug-likeness (QED) is 0.331. The summed E-state index contributed by atoms with van der Waals surface area (Å²) in [5.74, 6) is -0.0210. The molecule has 0 radical (unpaired) electrons. The first kappa shape index (κ1) is 30.7. The van der Waals surface area contributed by atoms with Crippen molar-refractivity contribution in [2.45, 2.75) is 113 Å². The van der Waals surface area contributed by atoms with Gasteiger partial charge in [-0.15, -0.1) is 0 Å². The summed E-state index contributed by atoms with van der Waals surface area (Å²) in [6.07, 6.45) is 9.04. The molecule has 8 rings (SSSR count). The number of carbonyl (C=O) groups is 2. The lowest BCUT2D eigenvalue weighted by atomic mass is 9.67. The van der Waals surface area contributed by atoms with Crippen molar-refractivity contribution in [3.63, 3.8) is 0 Å². The van der Waals surface area contributed by atoms with Gasteiger partial charge < -0.3 is 40.1 Å². The number of rotatable bonds is 6. The fraction of sp³-hybridized carbons (Fsp3) is 0.882. The van der Waals surface area contributed by atoms with E-state index in [1.165, 1.54) is 19.3 Å². The van der Waals surface area contributed by atoms with E-state index in [4.69, 9.17) is 15.2 Å². The van der Waals surface area contributed by atoms with Gasteiger partial charge in [-0.05, 0) is 76.9 Å². The molecule has 5 heterocycles. The number of hydrogen-bond donors (Lipinski definition) is 2. The van der Waals surface area contributed by atoms with Gasteiger partial charge in [0.2, 0.25) is 0 Å². The Morgan fingerprint density at radius 3 is 2.62 bits per heavy atom. The lowest BCUT2D eigenvalue weighted by molar-refractivity contribution is -0.209. The number of Topliss-reactive ketones (excluding diaryl/α,β-unsaturated/α-hetero) is 1. The van der Waals surface area contributed by atoms with Crippen LogP contribution in [0.3, 0.4) is 0 Å². The second kappa shape index (κ2) is 12.4. The van der Waals surface area contributed by atoms with Crippen molar-refractivity contribution in [3.05, 3.63) is 11.8 Å². The van der Waals surface area contributed by atoms with Crippen LogP contribution in [0.1, 0.15) is 57.8 Å². The summed E-state index contributed by atoms with van der Waals surface area (Å²) in [6, 6.07) is -0.805. The smallest absolute Gasteiger partial charge is 0.259 e. The van der Waals surface area contributed by atoms with Gasteiger partial charge in [0.05, 0.1) is 48.1 Å². The second-order valence-electron chi connectivity index (χ2n) is 15.5. The largest absolute Gasteiger partial charge is 0.374 e. The Kier molecular flexibility index (Phi) is 8.48. The van der Waals surface area contributed by atoms with Crippen LogP contribution < -0.4 is 11.1 Å². The molecule has 4 saturated heterocycles. The first-order valence-corrected chi connectivity index (χ1v) is 18.0. The Bertz CT molecular complexity index is 1170. The summed E-state index contributed by atoms with van der Waals surface area (Å²) < 4.78 is 30.0. The molecule has 7 fully saturated rings. The molecule has 5 aliphatic heterocycles. The highest BCUT2D eigenvalue weighted by Crippen LogP contribution is 2.52. The molecule has 12 unspecified atom stereocenters. The summed E-state index contributed by atoms with van der Waals surface area (Å²) in [5, 5.41) is 3.58. The molecular weight excluding hydrogens is 575 g/mol. The molecule has 11 heteroatoms. The maximum atomic E-state index is 16.3. The molecule has 3 saturated carbocycles. The van der Waals surface area contributed by atoms with Gasteiger partial charge in [-0.2, -0.15) is 0 Å². The highest BCUT2D eigenvalue weighted by molar-refractivity contribution is 6.20. The van der Waals surface area contributed by atoms with E-state index in [2.05, 4.69) is 27.1 Å². The average molecular weight is 629 g/mol. The fourth-order valence-corrected chi connectivity index (χ4v) is 10.4. The zero-order chi connectivity index (χ0) is 30.8. The summed E-state index contributed by atoms with van der Waals surface area (Å²) in [6.45, 7) is 7.06. The minimum absolute atomic E-state index is 0.0148. The normalized spacial score (nSPS) is 45.0. The van der Waals surface area contributed by atoms with E-state index in [-0.39, 0.29) is 54.0 Å². The second-order valence-corrected chi connectivity index (χ2v) is 15.5. The SMILES string of the molecule is CN1CCN(CCCNC2C(F)CC3C(=O)C(C(=O)N4CCC(N)C4)=CN4C5CC6OC7CCCCC7C6CC5OC2C34)CC1. The number of nitrogens with two attached hydrogens (primary N) is 1. The molecule has 0 bridgehead atoms. The number of likely N-dealkylation sites (tertiary alicyclic amines) is 1. The van der Waals surface area contributed by atoms with Crippen LogP contribution in [0.15, 0.2) is 11.8 Å². The molecule has 0 aromatic rings. The van der Waals surface area contributed by atoms with Gasteiger partial charge in [-0.3, -0.25) is 9.59 Å². The summed E-state index contributed by atoms with van der Waals surface area (Å²) in [4.78, 5) is 36.7. The Morgan fingerprint density at radius 1 is 1.00 bits per heavy atom. The van der Waals surface area contributed by atoms with Crippen molar-refractivity contribution in [1.82, 2.24) is 24.9 Å². The van der Waals surface area contributed by atoms with Crippen LogP contribution in [0.5, 0.6) is 0 Å². The molecule has 3 N–H and O–H groups in total. The van der Waals surface area contributed by atoms with Crippen LogP contribution in [0.4, 0.5) is 4.39 Å². The summed E-state index contributed by atoms with van der Waals surface area (Å²) in [5.41, 5.74) is 6.34. The Hall–Kier alpha value is -1.63. The number of alkyl halides is 1. The number of morpholine rings is 1. The molecule has 12 atom stereocenters. The number of likely N-dealkylation sites (N-methyl/N-ethyl adjacent to an activating group) is 1. The van der Waals surface area contributed by atoms with Gasteiger partial charge in [-0.25, -0.2) is 4.39 Å². The summed E-state index contributed by atoms with van der Waals surface area (Å²) in [7, 11) is 2.17. The third kappa shape index (κ3) is 5.57. The molecule has 8 aliphatic rings. The molecule has 10 nitrogen and oxygen atoms in total. The molecule has 45 heavy (non-hydrogen) atoms. The molecule has 0 aromatic carbocycles. The zero-order valence-electron chi connectivity index (χ0n) is 26.9. The number of ether oxygens (including phenoxy) is 2. The standard InChI is InChI=1S/C34H53FN6O4/c1-38-11-13-39(14-12-38)9-4-8-37-30-25(35)15-23-31-33(30)45-29-16-22-21-5-2-3-6-27(21)44-28(22)17-26(29)41(31)19-24(32(23)42)34(43)40-10-7-20(36)18-40/h19-23,25-31,33,37H,2-18,36H2,1H3. The monoisotopic (exact) mass is 628 g/mol. The van der Waals surface area contributed by atoms with Crippen molar-refractivity contribution >= 4 is 11.7 Å². The van der Waals surface area contributed by atoms with E-state index in [1.54, 1.807) is 4.90 Å². The predicted molar refractivity (Wildman–Crippen MR) is 167 cm³/mol. The number of ketones is 1. The minimum Gasteiger partial charge on any atom is -0.374 e. The first-order chi connectivity index (χ1) is 21.9. The van der Waals surface area contributed by atoms with Gasteiger partial charge >= 0.3 is 0 Å². The maximum Gasteiger partial charge on any atom is 0.259 e. The zero-order valence-corrected chi connectivity index (χ0v) is 26.9. The van der Waals surface area contributed by atoms with Crippen LogP contribution in [-0.4, -0.2) is 145 Å². The van der Waals surface area contributed by atoms with Crippen molar-refractivity contribution in [3.8, 4) is 0 Å². The number of piperazine rings is 1. The highest BCUT2D eigenvalue weighted by Gasteiger charge is 2.61. The van der Waals surface area contributed by atoms with E-state index in [1.807, 2.05) is 6.20 Å². The third-order valence-corrected chi connectivity index (χ3v) is 12.8. The van der Waals surface area contributed by atoms with Gasteiger partial charge in [0, 0.05) is 57.4 Å². The van der Waals surface area contributed by atoms with E-state index in [0.717, 1.165) is 64.8 Å². The van der Waals surface area contributed by atoms with Gasteiger partial charge in [-0.1, -0.05) is 12.8 Å². The highest BCUT2D eigenvalue weighted by atomic mass is 19.1. The van der Waals surface area contributed by atoms with Crippen LogP contribution >= 0.6 is 0 Å². The van der Waals surface area contributed by atoms with Crippen molar-refractivity contribution in [1.29, 1.82) is 0 Å². The first-order valence-electron chi connectivity index (χ1n) is 18.0. The van der Waals surface area contributed by atoms with Gasteiger partial charge in [0.25, 0.3) is 5.91 Å². The van der Waals surface area contributed by atoms with Gasteiger partial charge in [0.1, 0.15) is 6.17 Å². The number of halogens is 1. The topological polar surface area (TPSA) is 104 Å². The number of amides is 1. The molecule has 0 aromatic heterocycles. The van der Waals surface area contributed by atoms with Crippen LogP contribution in [0.25, 0.3) is 0 Å². The Labute approximate surface area is 267 Å². The Morgan fingerprint density at radius 2 is 1.82 bits per heavy atom. The Balaban J connectivity index is 1.05. The number of nitrogens with one attached hydrogen (secondary N) is 1. The van der Waals surface area contributed by atoms with Crippen LogP contribution in [-0.2, 0) is 19.1 Å². The predicted octanol–water partition coefficient (Wildman–Crippen LogP) is 1.14. The van der Waals surface area contributed by atoms with E-state index in [9.17, 15) is 9.59 Å². The van der Waals surface area contributed by atoms with E-state index < -0.39 is 24.2 Å². The maximum absolute atomic E-state index is 16.3.